The van der Waals surface area contributed by atoms with E-state index in [9.17, 15) is 0 Å². The summed E-state index contributed by atoms with van der Waals surface area (Å²) in [5.41, 5.74) is 14.4. The van der Waals surface area contributed by atoms with Crippen molar-refractivity contribution < 1.29 is 0 Å². The highest BCUT2D eigenvalue weighted by Gasteiger charge is 2.19. The second kappa shape index (κ2) is 15.1. The van der Waals surface area contributed by atoms with Crippen molar-refractivity contribution in [3.8, 4) is 78.4 Å². The van der Waals surface area contributed by atoms with Crippen molar-refractivity contribution in [3.63, 3.8) is 0 Å². The van der Waals surface area contributed by atoms with E-state index in [4.69, 9.17) is 9.97 Å². The average molecular weight is 763 g/mol. The zero-order chi connectivity index (χ0) is 39.8. The second-order valence-electron chi connectivity index (χ2n) is 15.3. The number of nitrogens with zero attached hydrogens (tertiary/aromatic N) is 2. The van der Waals surface area contributed by atoms with Gasteiger partial charge in [-0.15, -0.1) is 0 Å². The molecule has 0 amide bonds. The summed E-state index contributed by atoms with van der Waals surface area (Å²) in [6.45, 7) is 0. The van der Waals surface area contributed by atoms with Gasteiger partial charge < -0.3 is 0 Å². The minimum absolute atomic E-state index is 0.704. The number of hydrogen-bond acceptors (Lipinski definition) is 2. The fourth-order valence-corrected chi connectivity index (χ4v) is 8.85. The third-order valence-electron chi connectivity index (χ3n) is 11.7. The molecule has 2 heteroatoms. The molecule has 1 aromatic heterocycles. The third kappa shape index (κ3) is 6.32. The van der Waals surface area contributed by atoms with E-state index in [1.165, 1.54) is 54.6 Å². The molecule has 60 heavy (non-hydrogen) atoms. The molecule has 0 spiro atoms. The van der Waals surface area contributed by atoms with E-state index in [0.717, 1.165) is 50.3 Å². The molecule has 1 heterocycles. The monoisotopic (exact) mass is 762 g/mol. The Balaban J connectivity index is 1.00. The van der Waals surface area contributed by atoms with Gasteiger partial charge in [0.2, 0.25) is 0 Å². The molecular formula is C58H38N2. The fourth-order valence-electron chi connectivity index (χ4n) is 8.85. The summed E-state index contributed by atoms with van der Waals surface area (Å²) >= 11 is 0. The maximum absolute atomic E-state index is 5.15. The smallest absolute Gasteiger partial charge is 0.160 e. The summed E-state index contributed by atoms with van der Waals surface area (Å²) in [5.74, 6) is 0.704. The van der Waals surface area contributed by atoms with Crippen LogP contribution in [0.3, 0.4) is 0 Å². The highest BCUT2D eigenvalue weighted by Crippen LogP contribution is 2.46. The minimum atomic E-state index is 0.704. The molecule has 0 unspecified atom stereocenters. The summed E-state index contributed by atoms with van der Waals surface area (Å²) in [7, 11) is 0. The molecule has 0 N–H and O–H groups in total. The van der Waals surface area contributed by atoms with Gasteiger partial charge in [-0.1, -0.05) is 224 Å². The van der Waals surface area contributed by atoms with Crippen LogP contribution in [-0.4, -0.2) is 9.97 Å². The van der Waals surface area contributed by atoms with E-state index in [-0.39, 0.29) is 0 Å². The quantitative estimate of drug-likeness (QED) is 0.119. The molecule has 280 valence electrons. The van der Waals surface area contributed by atoms with Crippen LogP contribution < -0.4 is 0 Å². The van der Waals surface area contributed by atoms with Crippen LogP contribution in [0.5, 0.6) is 0 Å². The van der Waals surface area contributed by atoms with Crippen LogP contribution in [0.15, 0.2) is 231 Å². The number of rotatable bonds is 7. The number of aromatic nitrogens is 2. The van der Waals surface area contributed by atoms with Crippen molar-refractivity contribution in [1.29, 1.82) is 0 Å². The van der Waals surface area contributed by atoms with Crippen LogP contribution in [0.25, 0.3) is 111 Å². The fraction of sp³-hybridized carbons (Fsp3) is 0. The zero-order valence-corrected chi connectivity index (χ0v) is 32.8. The Labute approximate surface area is 349 Å². The molecule has 0 radical (unpaired) electrons. The van der Waals surface area contributed by atoms with Gasteiger partial charge in [0.15, 0.2) is 5.82 Å². The molecule has 0 bridgehead atoms. The van der Waals surface area contributed by atoms with Crippen molar-refractivity contribution in [2.75, 3.05) is 0 Å². The molecule has 0 saturated heterocycles. The first-order valence-corrected chi connectivity index (χ1v) is 20.5. The lowest BCUT2D eigenvalue weighted by Gasteiger charge is -2.19. The maximum Gasteiger partial charge on any atom is 0.160 e. The summed E-state index contributed by atoms with van der Waals surface area (Å²) in [5, 5.41) is 7.56. The lowest BCUT2D eigenvalue weighted by Crippen LogP contribution is -1.97. The van der Waals surface area contributed by atoms with Gasteiger partial charge in [-0.3, -0.25) is 0 Å². The molecule has 0 fully saturated rings. The Hall–Kier alpha value is -7.94. The highest BCUT2D eigenvalue weighted by molar-refractivity contribution is 6.27. The molecule has 2 nitrogen and oxygen atoms in total. The molecule has 11 rings (SSSR count). The van der Waals surface area contributed by atoms with Gasteiger partial charge in [0.1, 0.15) is 0 Å². The first-order valence-electron chi connectivity index (χ1n) is 20.5. The Morgan fingerprint density at radius 2 is 0.717 bits per heavy atom. The van der Waals surface area contributed by atoms with Gasteiger partial charge in [0.25, 0.3) is 0 Å². The maximum atomic E-state index is 5.15. The number of benzene rings is 10. The predicted molar refractivity (Wildman–Crippen MR) is 253 cm³/mol. The molecule has 11 aromatic rings. The average Bonchev–Trinajstić information content (AvgIpc) is 3.34. The van der Waals surface area contributed by atoms with Crippen molar-refractivity contribution in [2.24, 2.45) is 0 Å². The van der Waals surface area contributed by atoms with Crippen LogP contribution in [0.2, 0.25) is 0 Å². The minimum Gasteiger partial charge on any atom is -0.228 e. The lowest BCUT2D eigenvalue weighted by atomic mass is 9.84. The first kappa shape index (κ1) is 35.2. The van der Waals surface area contributed by atoms with E-state index in [0.29, 0.717) is 5.82 Å². The first-order chi connectivity index (χ1) is 29.8. The number of hydrogen-bond donors (Lipinski definition) is 0. The van der Waals surface area contributed by atoms with E-state index in [1.54, 1.807) is 0 Å². The van der Waals surface area contributed by atoms with E-state index in [2.05, 4.69) is 212 Å². The van der Waals surface area contributed by atoms with Crippen LogP contribution in [0.4, 0.5) is 0 Å². The Morgan fingerprint density at radius 3 is 1.38 bits per heavy atom. The summed E-state index contributed by atoms with van der Waals surface area (Å²) < 4.78 is 0. The van der Waals surface area contributed by atoms with Crippen LogP contribution in [0.1, 0.15) is 0 Å². The van der Waals surface area contributed by atoms with Gasteiger partial charge in [0, 0.05) is 16.7 Å². The van der Waals surface area contributed by atoms with Crippen LogP contribution >= 0.6 is 0 Å². The molecule has 0 saturated carbocycles. The van der Waals surface area contributed by atoms with Gasteiger partial charge in [-0.2, -0.15) is 0 Å². The molecule has 0 aliphatic carbocycles. The second-order valence-corrected chi connectivity index (χ2v) is 15.3. The Kier molecular flexibility index (Phi) is 8.87. The Morgan fingerprint density at radius 1 is 0.250 bits per heavy atom. The molecule has 0 atom stereocenters. The van der Waals surface area contributed by atoms with Crippen LogP contribution in [-0.2, 0) is 0 Å². The molecule has 0 aliphatic rings. The van der Waals surface area contributed by atoms with Gasteiger partial charge in [-0.25, -0.2) is 9.97 Å². The standard InChI is InChI=1S/C58H38N2/c1-4-16-41(17-5-1)47-23-12-13-25-49(47)54-38-53(59-58(60-54)46-21-8-3-9-22-46)43-32-28-39(29-33-43)40-30-34-45(35-31-40)56-51-27-15-14-26-50(51)55(44-19-6-2-7-20-44)52-37-36-42-18-10-11-24-48(42)57(52)56/h1-38H. The highest BCUT2D eigenvalue weighted by atomic mass is 14.9. The molecular weight excluding hydrogens is 725 g/mol. The van der Waals surface area contributed by atoms with E-state index < -0.39 is 0 Å². The van der Waals surface area contributed by atoms with Crippen molar-refractivity contribution in [2.45, 2.75) is 0 Å². The van der Waals surface area contributed by atoms with Crippen LogP contribution in [0, 0.1) is 0 Å². The summed E-state index contributed by atoms with van der Waals surface area (Å²) in [6, 6.07) is 82.3. The van der Waals surface area contributed by atoms with E-state index >= 15 is 0 Å². The summed E-state index contributed by atoms with van der Waals surface area (Å²) in [6.07, 6.45) is 0. The van der Waals surface area contributed by atoms with Crippen molar-refractivity contribution in [1.82, 2.24) is 9.97 Å². The Bertz CT molecular complexity index is 3320. The SMILES string of the molecule is c1ccc(-c2nc(-c3ccc(-c4ccc(-c5c6ccccc6c(-c6ccccc6)c6ccc7ccccc7c56)cc4)cc3)cc(-c3ccccc3-c3ccccc3)n2)cc1. The normalized spacial score (nSPS) is 11.3. The van der Waals surface area contributed by atoms with Gasteiger partial charge >= 0.3 is 0 Å². The van der Waals surface area contributed by atoms with Crippen molar-refractivity contribution >= 4 is 32.3 Å². The third-order valence-corrected chi connectivity index (χ3v) is 11.7. The molecule has 0 aliphatic heterocycles. The van der Waals surface area contributed by atoms with Gasteiger partial charge in [-0.05, 0) is 82.9 Å². The summed E-state index contributed by atoms with van der Waals surface area (Å²) in [4.78, 5) is 10.3. The zero-order valence-electron chi connectivity index (χ0n) is 32.8. The molecule has 10 aromatic carbocycles. The van der Waals surface area contributed by atoms with E-state index in [1.807, 2.05) is 18.2 Å². The predicted octanol–water partition coefficient (Wildman–Crippen LogP) is 15.6. The largest absolute Gasteiger partial charge is 0.228 e. The van der Waals surface area contributed by atoms with Crippen molar-refractivity contribution in [3.05, 3.63) is 231 Å². The number of fused-ring (bicyclic) bond motifs is 4. The lowest BCUT2D eigenvalue weighted by molar-refractivity contribution is 1.18. The van der Waals surface area contributed by atoms with Gasteiger partial charge in [0.05, 0.1) is 11.4 Å². The topological polar surface area (TPSA) is 25.8 Å².